The zero-order valence-electron chi connectivity index (χ0n) is 8.86. The summed E-state index contributed by atoms with van der Waals surface area (Å²) < 4.78 is 12.0. The molecule has 88 valence electrons. The third-order valence-corrected chi connectivity index (χ3v) is 4.27. The molecule has 2 rings (SSSR count). The van der Waals surface area contributed by atoms with Gasteiger partial charge in [0.15, 0.2) is 0 Å². The van der Waals surface area contributed by atoms with E-state index in [1.165, 1.54) is 0 Å². The van der Waals surface area contributed by atoms with E-state index in [2.05, 4.69) is 15.3 Å². The third kappa shape index (κ3) is 3.23. The third-order valence-electron chi connectivity index (χ3n) is 2.62. The minimum Gasteiger partial charge on any atom is -0.316 e. The monoisotopic (exact) mass is 259 g/mol. The Morgan fingerprint density at radius 3 is 3.19 bits per heavy atom. The minimum absolute atomic E-state index is 0.160. The molecule has 1 saturated heterocycles. The average Bonchev–Trinajstić information content (AvgIpc) is 2.30. The Kier molecular flexibility index (Phi) is 4.26. The van der Waals surface area contributed by atoms with Crippen LogP contribution in [-0.2, 0) is 10.8 Å². The highest BCUT2D eigenvalue weighted by Gasteiger charge is 2.17. The highest BCUT2D eigenvalue weighted by Crippen LogP contribution is 2.15. The molecule has 0 radical (unpaired) electrons. The maximum absolute atomic E-state index is 12.0. The Balaban J connectivity index is 1.97. The molecule has 2 atom stereocenters. The van der Waals surface area contributed by atoms with Crippen LogP contribution in [0.5, 0.6) is 0 Å². The number of rotatable bonds is 3. The van der Waals surface area contributed by atoms with Crippen LogP contribution < -0.4 is 5.32 Å². The van der Waals surface area contributed by atoms with E-state index in [9.17, 15) is 4.21 Å². The van der Waals surface area contributed by atoms with Crippen molar-refractivity contribution in [2.45, 2.75) is 17.9 Å². The summed E-state index contributed by atoms with van der Waals surface area (Å²) in [7, 11) is -1.07. The second kappa shape index (κ2) is 5.70. The number of piperidine rings is 1. The van der Waals surface area contributed by atoms with E-state index in [0.29, 0.717) is 16.7 Å². The Labute approximate surface area is 102 Å². The minimum atomic E-state index is -1.07. The molecule has 0 unspecified atom stereocenters. The fraction of sp³-hybridized carbons (Fsp3) is 0.600. The lowest BCUT2D eigenvalue weighted by Gasteiger charge is -2.21. The van der Waals surface area contributed by atoms with Crippen LogP contribution in [0.3, 0.4) is 0 Å². The number of halogens is 1. The second-order valence-electron chi connectivity index (χ2n) is 3.89. The Hall–Kier alpha value is -0.520. The van der Waals surface area contributed by atoms with Gasteiger partial charge in [-0.25, -0.2) is 9.97 Å². The molecule has 0 spiro atoms. The summed E-state index contributed by atoms with van der Waals surface area (Å²) in [6.45, 7) is 2.02. The van der Waals surface area contributed by atoms with Crippen molar-refractivity contribution >= 4 is 22.4 Å². The average molecular weight is 260 g/mol. The Morgan fingerprint density at radius 1 is 1.62 bits per heavy atom. The van der Waals surface area contributed by atoms with Crippen molar-refractivity contribution in [1.29, 1.82) is 0 Å². The van der Waals surface area contributed by atoms with Gasteiger partial charge in [0.1, 0.15) is 5.03 Å². The van der Waals surface area contributed by atoms with Crippen LogP contribution in [0.4, 0.5) is 0 Å². The van der Waals surface area contributed by atoms with E-state index in [1.807, 2.05) is 0 Å². The molecule has 1 fully saturated rings. The molecule has 6 heteroatoms. The van der Waals surface area contributed by atoms with Crippen molar-refractivity contribution in [3.63, 3.8) is 0 Å². The molecule has 1 aliphatic rings. The fourth-order valence-electron chi connectivity index (χ4n) is 1.81. The molecule has 0 aliphatic carbocycles. The van der Waals surface area contributed by atoms with Crippen LogP contribution >= 0.6 is 11.6 Å². The van der Waals surface area contributed by atoms with Crippen LogP contribution in [0.2, 0.25) is 5.28 Å². The van der Waals surface area contributed by atoms with Gasteiger partial charge in [-0.05, 0) is 49.5 Å². The van der Waals surface area contributed by atoms with E-state index in [-0.39, 0.29) is 5.28 Å². The van der Waals surface area contributed by atoms with Crippen molar-refractivity contribution < 1.29 is 4.21 Å². The highest BCUT2D eigenvalue weighted by atomic mass is 35.5. The van der Waals surface area contributed by atoms with Gasteiger partial charge in [-0.15, -0.1) is 0 Å². The molecule has 0 aromatic carbocycles. The molecule has 1 aromatic rings. The SMILES string of the molecule is O=[S@](C[C@H]1CCCNC1)c1ccnc(Cl)n1. The number of hydrogen-bond donors (Lipinski definition) is 1. The first-order valence-corrected chi connectivity index (χ1v) is 7.03. The molecule has 0 amide bonds. The van der Waals surface area contributed by atoms with Gasteiger partial charge < -0.3 is 5.32 Å². The van der Waals surface area contributed by atoms with Crippen LogP contribution in [0.25, 0.3) is 0 Å². The standard InChI is InChI=1S/C10H14ClN3OS/c11-10-13-5-3-9(14-10)16(15)7-8-2-1-4-12-6-8/h3,5,8,12H,1-2,4,6-7H2/t8-,16+/m0/s1. The zero-order valence-corrected chi connectivity index (χ0v) is 10.4. The lowest BCUT2D eigenvalue weighted by atomic mass is 10.0. The van der Waals surface area contributed by atoms with Crippen LogP contribution in [0.15, 0.2) is 17.3 Å². The molecular weight excluding hydrogens is 246 g/mol. The molecule has 0 bridgehead atoms. The maximum Gasteiger partial charge on any atom is 0.223 e. The largest absolute Gasteiger partial charge is 0.316 e. The normalized spacial score (nSPS) is 22.9. The van der Waals surface area contributed by atoms with E-state index in [0.717, 1.165) is 25.9 Å². The van der Waals surface area contributed by atoms with Gasteiger partial charge in [-0.1, -0.05) is 0 Å². The predicted molar refractivity (Wildman–Crippen MR) is 63.9 cm³/mol. The lowest BCUT2D eigenvalue weighted by Crippen LogP contribution is -2.32. The number of nitrogens with zero attached hydrogens (tertiary/aromatic N) is 2. The smallest absolute Gasteiger partial charge is 0.223 e. The van der Waals surface area contributed by atoms with Crippen molar-refractivity contribution in [2.75, 3.05) is 18.8 Å². The molecule has 4 nitrogen and oxygen atoms in total. The summed E-state index contributed by atoms with van der Waals surface area (Å²) in [4.78, 5) is 7.75. The van der Waals surface area contributed by atoms with Crippen molar-refractivity contribution in [1.82, 2.24) is 15.3 Å². The van der Waals surface area contributed by atoms with Crippen LogP contribution in [-0.4, -0.2) is 33.0 Å². The first kappa shape index (κ1) is 12.0. The summed E-state index contributed by atoms with van der Waals surface area (Å²) >= 11 is 5.66. The highest BCUT2D eigenvalue weighted by molar-refractivity contribution is 7.84. The first-order valence-electron chi connectivity index (χ1n) is 5.33. The van der Waals surface area contributed by atoms with E-state index in [4.69, 9.17) is 11.6 Å². The molecule has 1 N–H and O–H groups in total. The zero-order chi connectivity index (χ0) is 11.4. The van der Waals surface area contributed by atoms with Gasteiger partial charge in [-0.3, -0.25) is 4.21 Å². The van der Waals surface area contributed by atoms with Crippen molar-refractivity contribution in [3.05, 3.63) is 17.5 Å². The van der Waals surface area contributed by atoms with E-state index < -0.39 is 10.8 Å². The summed E-state index contributed by atoms with van der Waals surface area (Å²) in [5.41, 5.74) is 0. The quantitative estimate of drug-likeness (QED) is 0.656. The summed E-state index contributed by atoms with van der Waals surface area (Å²) in [5.74, 6) is 1.13. The predicted octanol–water partition coefficient (Wildman–Crippen LogP) is 1.24. The molecule has 1 aromatic heterocycles. The van der Waals surface area contributed by atoms with Gasteiger partial charge >= 0.3 is 0 Å². The lowest BCUT2D eigenvalue weighted by molar-refractivity contribution is 0.408. The Bertz CT molecular complexity index is 382. The van der Waals surface area contributed by atoms with Crippen LogP contribution in [0.1, 0.15) is 12.8 Å². The molecule has 0 saturated carbocycles. The topological polar surface area (TPSA) is 54.9 Å². The summed E-state index contributed by atoms with van der Waals surface area (Å²) in [5, 5.41) is 4.00. The second-order valence-corrected chi connectivity index (χ2v) is 5.67. The van der Waals surface area contributed by atoms with Gasteiger partial charge in [-0.2, -0.15) is 0 Å². The van der Waals surface area contributed by atoms with Gasteiger partial charge in [0, 0.05) is 11.9 Å². The van der Waals surface area contributed by atoms with Crippen molar-refractivity contribution in [2.24, 2.45) is 5.92 Å². The number of hydrogen-bond acceptors (Lipinski definition) is 4. The summed E-state index contributed by atoms with van der Waals surface area (Å²) in [6, 6.07) is 1.66. The number of nitrogens with one attached hydrogen (secondary N) is 1. The van der Waals surface area contributed by atoms with Crippen LogP contribution in [0, 0.1) is 5.92 Å². The molecule has 16 heavy (non-hydrogen) atoms. The molecule has 1 aliphatic heterocycles. The number of aromatic nitrogens is 2. The van der Waals surface area contributed by atoms with E-state index >= 15 is 0 Å². The van der Waals surface area contributed by atoms with Gasteiger partial charge in [0.25, 0.3) is 0 Å². The van der Waals surface area contributed by atoms with Crippen molar-refractivity contribution in [3.8, 4) is 0 Å². The fourth-order valence-corrected chi connectivity index (χ4v) is 3.29. The summed E-state index contributed by atoms with van der Waals surface area (Å²) in [6.07, 6.45) is 3.84. The van der Waals surface area contributed by atoms with Gasteiger partial charge in [0.05, 0.1) is 10.8 Å². The maximum atomic E-state index is 12.0. The molecule has 2 heterocycles. The first-order chi connectivity index (χ1) is 7.75. The molecular formula is C10H14ClN3OS. The Morgan fingerprint density at radius 2 is 2.50 bits per heavy atom. The van der Waals surface area contributed by atoms with E-state index in [1.54, 1.807) is 12.3 Å². The van der Waals surface area contributed by atoms with Gasteiger partial charge in [0.2, 0.25) is 5.28 Å².